The number of carbonyl (C=O) groups excluding carboxylic acids is 1. The smallest absolute Gasteiger partial charge is 0.247 e. The number of aryl methyl sites for hydroxylation is 1. The quantitative estimate of drug-likeness (QED) is 0.829. The number of aromatic nitrogens is 1. The highest BCUT2D eigenvalue weighted by Crippen LogP contribution is 2.48. The molecule has 1 aliphatic carbocycles. The Morgan fingerprint density at radius 1 is 1.33 bits per heavy atom. The molecule has 3 heterocycles. The number of nitrogens with one attached hydrogen (secondary N) is 1. The van der Waals surface area contributed by atoms with E-state index >= 15 is 0 Å². The second-order valence-electron chi connectivity index (χ2n) is 8.07. The molecule has 1 aromatic heterocycles. The Hall–Kier alpha value is -1.96. The summed E-state index contributed by atoms with van der Waals surface area (Å²) in [5.41, 5.74) is 8.65. The lowest BCUT2D eigenvalue weighted by Gasteiger charge is -2.20. The lowest BCUT2D eigenvalue weighted by Crippen LogP contribution is -2.41. The first-order chi connectivity index (χ1) is 13.1. The molecule has 2 aliphatic heterocycles. The Balaban J connectivity index is 1.28. The SMILES string of the molecule is Cc1cnc(NCC2(c3ccc(N4CN5CC[C@@H](N)[C@H]5C4=O)cc3)CC2)s1. The number of hydrogen-bond acceptors (Lipinski definition) is 6. The molecule has 3 aliphatic rings. The Morgan fingerprint density at radius 3 is 2.74 bits per heavy atom. The third kappa shape index (κ3) is 2.94. The van der Waals surface area contributed by atoms with Crippen LogP contribution in [0, 0.1) is 6.92 Å². The average Bonchev–Trinajstić information content (AvgIpc) is 3.02. The molecular formula is C20H25N5OS. The molecule has 7 heteroatoms. The van der Waals surface area contributed by atoms with E-state index in [0.717, 1.165) is 30.3 Å². The van der Waals surface area contributed by atoms with Crippen LogP contribution < -0.4 is 16.0 Å². The molecule has 1 amide bonds. The van der Waals surface area contributed by atoms with Crippen LogP contribution in [0.15, 0.2) is 30.5 Å². The van der Waals surface area contributed by atoms with E-state index in [1.807, 2.05) is 11.1 Å². The molecule has 2 atom stereocenters. The summed E-state index contributed by atoms with van der Waals surface area (Å²) in [6.45, 7) is 4.56. The van der Waals surface area contributed by atoms with Crippen molar-refractivity contribution >= 4 is 28.1 Å². The van der Waals surface area contributed by atoms with Crippen molar-refractivity contribution in [1.29, 1.82) is 0 Å². The van der Waals surface area contributed by atoms with E-state index in [0.29, 0.717) is 6.67 Å². The molecule has 27 heavy (non-hydrogen) atoms. The normalized spacial score (nSPS) is 26.4. The first-order valence-electron chi connectivity index (χ1n) is 9.64. The average molecular weight is 384 g/mol. The minimum absolute atomic E-state index is 0.0305. The van der Waals surface area contributed by atoms with E-state index in [2.05, 4.69) is 46.4 Å². The predicted octanol–water partition coefficient (Wildman–Crippen LogP) is 2.30. The van der Waals surface area contributed by atoms with Crippen LogP contribution in [0.1, 0.15) is 29.7 Å². The van der Waals surface area contributed by atoms with Crippen molar-refractivity contribution in [3.8, 4) is 0 Å². The van der Waals surface area contributed by atoms with Gasteiger partial charge in [0.05, 0.1) is 6.67 Å². The summed E-state index contributed by atoms with van der Waals surface area (Å²) in [5.74, 6) is 0.148. The van der Waals surface area contributed by atoms with Gasteiger partial charge < -0.3 is 11.1 Å². The van der Waals surface area contributed by atoms with E-state index in [-0.39, 0.29) is 23.4 Å². The summed E-state index contributed by atoms with van der Waals surface area (Å²) in [4.78, 5) is 22.4. The van der Waals surface area contributed by atoms with E-state index in [9.17, 15) is 4.79 Å². The van der Waals surface area contributed by atoms with Gasteiger partial charge in [-0.3, -0.25) is 14.6 Å². The predicted molar refractivity (Wildman–Crippen MR) is 108 cm³/mol. The summed E-state index contributed by atoms with van der Waals surface area (Å²) >= 11 is 1.70. The van der Waals surface area contributed by atoms with Crippen LogP contribution in [0.4, 0.5) is 10.8 Å². The van der Waals surface area contributed by atoms with Gasteiger partial charge in [0.25, 0.3) is 0 Å². The highest BCUT2D eigenvalue weighted by Gasteiger charge is 2.47. The van der Waals surface area contributed by atoms with Crippen LogP contribution in [-0.2, 0) is 10.2 Å². The van der Waals surface area contributed by atoms with Gasteiger partial charge in [0.2, 0.25) is 5.91 Å². The molecule has 142 valence electrons. The van der Waals surface area contributed by atoms with Crippen LogP contribution in [0.3, 0.4) is 0 Å². The van der Waals surface area contributed by atoms with Crippen molar-refractivity contribution in [1.82, 2.24) is 9.88 Å². The molecule has 2 aromatic rings. The number of rotatable bonds is 5. The van der Waals surface area contributed by atoms with Crippen molar-refractivity contribution in [2.75, 3.05) is 30.0 Å². The fourth-order valence-corrected chi connectivity index (χ4v) is 5.06. The van der Waals surface area contributed by atoms with Gasteiger partial charge in [0.1, 0.15) is 6.04 Å². The highest BCUT2D eigenvalue weighted by atomic mass is 32.1. The van der Waals surface area contributed by atoms with E-state index in [4.69, 9.17) is 5.73 Å². The van der Waals surface area contributed by atoms with Crippen LogP contribution in [-0.4, -0.2) is 47.6 Å². The molecule has 2 saturated heterocycles. The zero-order valence-corrected chi connectivity index (χ0v) is 16.3. The van der Waals surface area contributed by atoms with Gasteiger partial charge in [-0.25, -0.2) is 4.98 Å². The van der Waals surface area contributed by atoms with Crippen LogP contribution in [0.25, 0.3) is 0 Å². The summed E-state index contributed by atoms with van der Waals surface area (Å²) in [7, 11) is 0. The van der Waals surface area contributed by atoms with Crippen molar-refractivity contribution in [3.05, 3.63) is 40.9 Å². The maximum atomic E-state index is 12.7. The lowest BCUT2D eigenvalue weighted by atomic mass is 9.95. The molecule has 0 spiro atoms. The molecule has 0 unspecified atom stereocenters. The number of benzene rings is 1. The third-order valence-corrected chi connectivity index (χ3v) is 7.11. The first kappa shape index (κ1) is 17.2. The molecule has 1 saturated carbocycles. The summed E-state index contributed by atoms with van der Waals surface area (Å²) in [6.07, 6.45) is 5.21. The van der Waals surface area contributed by atoms with Crippen LogP contribution in [0.2, 0.25) is 0 Å². The first-order valence-corrected chi connectivity index (χ1v) is 10.5. The summed E-state index contributed by atoms with van der Waals surface area (Å²) in [6, 6.07) is 8.40. The van der Waals surface area contributed by atoms with Crippen molar-refractivity contribution in [3.63, 3.8) is 0 Å². The topological polar surface area (TPSA) is 74.5 Å². The maximum Gasteiger partial charge on any atom is 0.247 e. The fourth-order valence-electron chi connectivity index (χ4n) is 4.40. The van der Waals surface area contributed by atoms with Crippen molar-refractivity contribution in [2.45, 2.75) is 43.7 Å². The number of thiazole rings is 1. The molecule has 3 N–H and O–H groups in total. The number of hydrogen-bond donors (Lipinski definition) is 2. The standard InChI is InChI=1S/C20H25N5OS/c1-13-10-22-19(27-13)23-11-20(7-8-20)14-2-4-15(5-3-14)25-12-24-9-6-16(21)17(24)18(25)26/h2-5,10,16-17H,6-9,11-12,21H2,1H3,(H,22,23)/t16-,17+/m1/s1. The Morgan fingerprint density at radius 2 is 2.11 bits per heavy atom. The number of nitrogens with two attached hydrogens (primary N) is 1. The van der Waals surface area contributed by atoms with Gasteiger partial charge in [-0.15, -0.1) is 11.3 Å². The van der Waals surface area contributed by atoms with Gasteiger partial charge in [-0.1, -0.05) is 12.1 Å². The Bertz CT molecular complexity index is 860. The van der Waals surface area contributed by atoms with E-state index in [1.165, 1.54) is 23.3 Å². The number of anilines is 2. The lowest BCUT2D eigenvalue weighted by molar-refractivity contribution is -0.119. The number of fused-ring (bicyclic) bond motifs is 1. The van der Waals surface area contributed by atoms with Gasteiger partial charge in [0, 0.05) is 41.3 Å². The van der Waals surface area contributed by atoms with E-state index in [1.54, 1.807) is 11.3 Å². The molecule has 3 fully saturated rings. The molecule has 0 radical (unpaired) electrons. The molecule has 0 bridgehead atoms. The molecule has 6 nitrogen and oxygen atoms in total. The molecular weight excluding hydrogens is 358 g/mol. The Kier molecular flexibility index (Phi) is 4.00. The van der Waals surface area contributed by atoms with Gasteiger partial charge in [-0.05, 0) is 43.9 Å². The number of amides is 1. The fraction of sp³-hybridized carbons (Fsp3) is 0.500. The van der Waals surface area contributed by atoms with Gasteiger partial charge in [-0.2, -0.15) is 0 Å². The minimum Gasteiger partial charge on any atom is -0.361 e. The largest absolute Gasteiger partial charge is 0.361 e. The second-order valence-corrected chi connectivity index (χ2v) is 9.31. The second kappa shape index (κ2) is 6.29. The van der Waals surface area contributed by atoms with Crippen LogP contribution >= 0.6 is 11.3 Å². The van der Waals surface area contributed by atoms with Gasteiger partial charge >= 0.3 is 0 Å². The third-order valence-electron chi connectivity index (χ3n) is 6.23. The monoisotopic (exact) mass is 383 g/mol. The van der Waals surface area contributed by atoms with Gasteiger partial charge in [0.15, 0.2) is 5.13 Å². The minimum atomic E-state index is -0.134. The number of nitrogens with zero attached hydrogens (tertiary/aromatic N) is 3. The summed E-state index contributed by atoms with van der Waals surface area (Å²) in [5, 5.41) is 4.49. The van der Waals surface area contributed by atoms with Crippen LogP contribution in [0.5, 0.6) is 0 Å². The summed E-state index contributed by atoms with van der Waals surface area (Å²) < 4.78 is 0. The van der Waals surface area contributed by atoms with Crippen molar-refractivity contribution < 1.29 is 4.79 Å². The zero-order chi connectivity index (χ0) is 18.6. The Labute approximate surface area is 163 Å². The zero-order valence-electron chi connectivity index (χ0n) is 15.5. The van der Waals surface area contributed by atoms with Crippen molar-refractivity contribution in [2.24, 2.45) is 5.73 Å². The molecule has 5 rings (SSSR count). The maximum absolute atomic E-state index is 12.7. The van der Waals surface area contributed by atoms with E-state index < -0.39 is 0 Å². The highest BCUT2D eigenvalue weighted by molar-refractivity contribution is 7.15. The number of carbonyl (C=O) groups is 1. The molecule has 1 aromatic carbocycles.